The van der Waals surface area contributed by atoms with Crippen LogP contribution in [-0.2, 0) is 13.1 Å². The highest BCUT2D eigenvalue weighted by molar-refractivity contribution is 5.95. The van der Waals surface area contributed by atoms with E-state index in [-0.39, 0.29) is 0 Å². The van der Waals surface area contributed by atoms with Crippen molar-refractivity contribution in [3.63, 3.8) is 0 Å². The molecule has 4 rings (SSSR count). The number of carbonyl (C=O) groups excluding carboxylic acids is 1. The molecule has 1 aromatic carbocycles. The Morgan fingerprint density at radius 3 is 2.77 bits per heavy atom. The first-order valence-corrected chi connectivity index (χ1v) is 10.1. The smallest absolute Gasteiger partial charge is 0.264 e. The van der Waals surface area contributed by atoms with Crippen LogP contribution in [-0.4, -0.2) is 38.9 Å². The molecule has 30 heavy (non-hydrogen) atoms. The molecule has 0 atom stereocenters. The van der Waals surface area contributed by atoms with Crippen molar-refractivity contribution in [2.75, 3.05) is 13.6 Å². The molecule has 0 aliphatic heterocycles. The monoisotopic (exact) mass is 400 g/mol. The Labute approximate surface area is 176 Å². The molecule has 2 aromatic heterocycles. The van der Waals surface area contributed by atoms with E-state index in [1.165, 1.54) is 24.0 Å². The van der Waals surface area contributed by atoms with Crippen molar-refractivity contribution in [1.29, 1.82) is 5.26 Å². The number of amides is 1. The van der Waals surface area contributed by atoms with E-state index in [2.05, 4.69) is 51.5 Å². The lowest BCUT2D eigenvalue weighted by Gasteiger charge is -2.17. The van der Waals surface area contributed by atoms with Crippen LogP contribution >= 0.6 is 0 Å². The largest absolute Gasteiger partial charge is 0.335 e. The minimum absolute atomic E-state index is 0.378. The van der Waals surface area contributed by atoms with Crippen LogP contribution in [0.25, 0.3) is 11.4 Å². The molecule has 1 amide bonds. The third kappa shape index (κ3) is 4.91. The fraction of sp³-hybridized carbons (Fsp3) is 0.304. The number of rotatable bonds is 8. The Hall–Kier alpha value is -3.50. The van der Waals surface area contributed by atoms with Gasteiger partial charge in [0.25, 0.3) is 5.91 Å². The highest BCUT2D eigenvalue weighted by Crippen LogP contribution is 2.39. The molecule has 1 saturated carbocycles. The Kier molecular flexibility index (Phi) is 5.87. The number of carbonyl (C=O) groups is 1. The quantitative estimate of drug-likeness (QED) is 0.464. The summed E-state index contributed by atoms with van der Waals surface area (Å²) in [6, 6.07) is 12.2. The van der Waals surface area contributed by atoms with Gasteiger partial charge in [0.05, 0.1) is 12.0 Å². The molecule has 7 nitrogen and oxygen atoms in total. The van der Waals surface area contributed by atoms with Crippen molar-refractivity contribution < 1.29 is 4.79 Å². The van der Waals surface area contributed by atoms with E-state index in [1.807, 2.05) is 10.8 Å². The average molecular weight is 400 g/mol. The fourth-order valence-electron chi connectivity index (χ4n) is 3.44. The van der Waals surface area contributed by atoms with Gasteiger partial charge in [0.15, 0.2) is 6.19 Å². The topological polar surface area (TPSA) is 86.8 Å². The van der Waals surface area contributed by atoms with Crippen LogP contribution in [0.4, 0.5) is 0 Å². The van der Waals surface area contributed by atoms with E-state index in [1.54, 1.807) is 30.9 Å². The average Bonchev–Trinajstić information content (AvgIpc) is 3.50. The van der Waals surface area contributed by atoms with E-state index in [0.29, 0.717) is 17.0 Å². The minimum atomic E-state index is -0.452. The number of hydrogen-bond donors (Lipinski definition) is 1. The number of nitriles is 1. The van der Waals surface area contributed by atoms with Crippen molar-refractivity contribution in [1.82, 2.24) is 24.8 Å². The molecule has 0 unspecified atom stereocenters. The molecule has 2 heterocycles. The zero-order valence-corrected chi connectivity index (χ0v) is 17.0. The van der Waals surface area contributed by atoms with Crippen LogP contribution in [0.3, 0.4) is 0 Å². The zero-order valence-electron chi connectivity index (χ0n) is 17.0. The molecule has 0 bridgehead atoms. The predicted octanol–water partition coefficient (Wildman–Crippen LogP) is 3.17. The summed E-state index contributed by atoms with van der Waals surface area (Å²) in [5, 5.41) is 10.7. The van der Waals surface area contributed by atoms with Gasteiger partial charge in [-0.25, -0.2) is 4.98 Å². The van der Waals surface area contributed by atoms with Gasteiger partial charge in [-0.1, -0.05) is 24.3 Å². The second-order valence-corrected chi connectivity index (χ2v) is 7.75. The van der Waals surface area contributed by atoms with Crippen LogP contribution in [0.5, 0.6) is 0 Å². The molecule has 1 N–H and O–H groups in total. The number of hydrogen-bond acceptors (Lipinski definition) is 5. The number of pyridine rings is 1. The first-order valence-electron chi connectivity index (χ1n) is 10.1. The minimum Gasteiger partial charge on any atom is -0.335 e. The van der Waals surface area contributed by atoms with Gasteiger partial charge in [0.1, 0.15) is 5.69 Å². The standard InChI is InChI=1S/C23H24N6O/c1-28(13-17-2-4-18(5-3-17)19-6-7-19)10-11-29-14-22(27-16-29)21-12-20(8-9-25-21)23(30)26-15-24/h2-5,8-9,12,14,16,19H,6-7,10-11,13H2,1H3,(H,26,30). The molecular weight excluding hydrogens is 376 g/mol. The fourth-order valence-corrected chi connectivity index (χ4v) is 3.44. The molecular formula is C23H24N6O. The van der Waals surface area contributed by atoms with Gasteiger partial charge in [-0.3, -0.25) is 15.1 Å². The van der Waals surface area contributed by atoms with Crippen molar-refractivity contribution in [3.8, 4) is 17.6 Å². The lowest BCUT2D eigenvalue weighted by Crippen LogP contribution is -2.22. The number of nitrogens with zero attached hydrogens (tertiary/aromatic N) is 5. The zero-order chi connectivity index (χ0) is 20.9. The van der Waals surface area contributed by atoms with Gasteiger partial charge < -0.3 is 9.47 Å². The van der Waals surface area contributed by atoms with Crippen molar-refractivity contribution in [3.05, 3.63) is 71.8 Å². The summed E-state index contributed by atoms with van der Waals surface area (Å²) < 4.78 is 2.02. The molecule has 1 aliphatic carbocycles. The third-order valence-corrected chi connectivity index (χ3v) is 5.31. The Morgan fingerprint density at radius 2 is 2.03 bits per heavy atom. The van der Waals surface area contributed by atoms with Gasteiger partial charge >= 0.3 is 0 Å². The summed E-state index contributed by atoms with van der Waals surface area (Å²) in [6.07, 6.45) is 9.55. The van der Waals surface area contributed by atoms with E-state index in [0.717, 1.165) is 25.6 Å². The Morgan fingerprint density at radius 1 is 1.23 bits per heavy atom. The number of likely N-dealkylation sites (N-methyl/N-ethyl adjacent to an activating group) is 1. The maximum Gasteiger partial charge on any atom is 0.264 e. The van der Waals surface area contributed by atoms with E-state index < -0.39 is 5.91 Å². The van der Waals surface area contributed by atoms with Crippen molar-refractivity contribution in [2.45, 2.75) is 31.8 Å². The van der Waals surface area contributed by atoms with Gasteiger partial charge in [0.2, 0.25) is 0 Å². The SMILES string of the molecule is CN(CCn1cnc(-c2cc(C(=O)NC#N)ccn2)c1)Cc1ccc(C2CC2)cc1. The number of aromatic nitrogens is 3. The summed E-state index contributed by atoms with van der Waals surface area (Å²) in [4.78, 5) is 22.8. The number of benzene rings is 1. The van der Waals surface area contributed by atoms with E-state index in [9.17, 15) is 4.79 Å². The molecule has 0 saturated heterocycles. The summed E-state index contributed by atoms with van der Waals surface area (Å²) in [7, 11) is 2.12. The summed E-state index contributed by atoms with van der Waals surface area (Å²) >= 11 is 0. The first-order chi connectivity index (χ1) is 14.6. The molecule has 7 heteroatoms. The van der Waals surface area contributed by atoms with E-state index in [4.69, 9.17) is 5.26 Å². The van der Waals surface area contributed by atoms with Gasteiger partial charge in [-0.15, -0.1) is 0 Å². The second kappa shape index (κ2) is 8.89. The lowest BCUT2D eigenvalue weighted by molar-refractivity contribution is 0.0973. The maximum atomic E-state index is 11.8. The van der Waals surface area contributed by atoms with Crippen molar-refractivity contribution in [2.24, 2.45) is 0 Å². The summed E-state index contributed by atoms with van der Waals surface area (Å²) in [6.45, 7) is 2.60. The van der Waals surface area contributed by atoms with Crippen LogP contribution in [0.1, 0.15) is 40.2 Å². The molecule has 0 radical (unpaired) electrons. The molecule has 1 aliphatic rings. The van der Waals surface area contributed by atoms with Crippen LogP contribution in [0.2, 0.25) is 0 Å². The van der Waals surface area contributed by atoms with Gasteiger partial charge in [0, 0.05) is 37.6 Å². The normalized spacial score (nSPS) is 13.2. The second-order valence-electron chi connectivity index (χ2n) is 7.75. The number of imidazole rings is 1. The van der Waals surface area contributed by atoms with Crippen molar-refractivity contribution >= 4 is 5.91 Å². The van der Waals surface area contributed by atoms with Crippen LogP contribution in [0.15, 0.2) is 55.1 Å². The highest BCUT2D eigenvalue weighted by atomic mass is 16.1. The molecule has 3 aromatic rings. The number of nitrogens with one attached hydrogen (secondary N) is 1. The Balaban J connectivity index is 1.32. The predicted molar refractivity (Wildman–Crippen MR) is 113 cm³/mol. The van der Waals surface area contributed by atoms with Gasteiger partial charge in [-0.2, -0.15) is 5.26 Å². The molecule has 152 valence electrons. The maximum absolute atomic E-state index is 11.8. The first kappa shape index (κ1) is 19.8. The summed E-state index contributed by atoms with van der Waals surface area (Å²) in [5.74, 6) is 0.343. The summed E-state index contributed by atoms with van der Waals surface area (Å²) in [5.41, 5.74) is 4.46. The van der Waals surface area contributed by atoms with Crippen LogP contribution in [0, 0.1) is 11.5 Å². The van der Waals surface area contributed by atoms with Gasteiger partial charge in [-0.05, 0) is 49.1 Å². The third-order valence-electron chi connectivity index (χ3n) is 5.31. The van der Waals surface area contributed by atoms with Crippen LogP contribution < -0.4 is 5.32 Å². The lowest BCUT2D eigenvalue weighted by atomic mass is 10.1. The molecule has 0 spiro atoms. The Bertz CT molecular complexity index is 1060. The van der Waals surface area contributed by atoms with E-state index >= 15 is 0 Å². The molecule has 1 fully saturated rings. The highest BCUT2D eigenvalue weighted by Gasteiger charge is 2.22.